The van der Waals surface area contributed by atoms with Crippen LogP contribution in [0.3, 0.4) is 0 Å². The highest BCUT2D eigenvalue weighted by atomic mass is 16.4. The molecule has 0 aliphatic rings. The first-order valence-corrected chi connectivity index (χ1v) is 16.5. The van der Waals surface area contributed by atoms with Gasteiger partial charge in [-0.05, 0) is 19.8 Å². The fourth-order valence-electron chi connectivity index (χ4n) is 5.22. The van der Waals surface area contributed by atoms with Gasteiger partial charge >= 0.3 is 5.97 Å². The molecule has 0 saturated carbocycles. The summed E-state index contributed by atoms with van der Waals surface area (Å²) in [5.74, 6) is -1.01. The van der Waals surface area contributed by atoms with E-state index in [0.29, 0.717) is 12.8 Å². The molecule has 0 aliphatic carbocycles. The molecule has 0 spiro atoms. The maximum absolute atomic E-state index is 12.4. The van der Waals surface area contributed by atoms with Gasteiger partial charge in [0.25, 0.3) is 0 Å². The number of hydrogen-bond donors (Lipinski definition) is 2. The van der Waals surface area contributed by atoms with Crippen LogP contribution in [-0.4, -0.2) is 22.5 Å². The van der Waals surface area contributed by atoms with Gasteiger partial charge in [-0.1, -0.05) is 168 Å². The SMILES string of the molecule is CCCCCCCCCCCCCCCC[C@@](C)(NC(=O)CCCCCCCCCCCCC)C(=O)O. The monoisotopic (exact) mass is 523 g/mol. The van der Waals surface area contributed by atoms with E-state index in [4.69, 9.17) is 0 Å². The Labute approximate surface area is 231 Å². The minimum Gasteiger partial charge on any atom is -0.480 e. The summed E-state index contributed by atoms with van der Waals surface area (Å²) in [6.07, 6.45) is 32.7. The van der Waals surface area contributed by atoms with E-state index >= 15 is 0 Å². The van der Waals surface area contributed by atoms with Crippen LogP contribution in [0.15, 0.2) is 0 Å². The Kier molecular flexibility index (Phi) is 25.8. The van der Waals surface area contributed by atoms with E-state index in [0.717, 1.165) is 25.7 Å². The summed E-state index contributed by atoms with van der Waals surface area (Å²) < 4.78 is 0. The minimum absolute atomic E-state index is 0.105. The van der Waals surface area contributed by atoms with Crippen molar-refractivity contribution in [2.75, 3.05) is 0 Å². The van der Waals surface area contributed by atoms with Crippen molar-refractivity contribution in [3.63, 3.8) is 0 Å². The van der Waals surface area contributed by atoms with Crippen molar-refractivity contribution in [1.29, 1.82) is 0 Å². The standard InChI is InChI=1S/C33H65NO3/c1-4-6-8-10-12-14-16-17-18-20-22-24-26-28-30-33(3,32(36)37)34-31(35)29-27-25-23-21-19-15-13-11-9-7-5-2/h4-30H2,1-3H3,(H,34,35)(H,36,37)/t33-/m1/s1. The van der Waals surface area contributed by atoms with E-state index in [9.17, 15) is 14.7 Å². The Morgan fingerprint density at radius 1 is 0.514 bits per heavy atom. The molecular formula is C33H65NO3. The normalized spacial score (nSPS) is 12.9. The van der Waals surface area contributed by atoms with Gasteiger partial charge in [-0.15, -0.1) is 0 Å². The van der Waals surface area contributed by atoms with Crippen LogP contribution >= 0.6 is 0 Å². The molecule has 0 heterocycles. The lowest BCUT2D eigenvalue weighted by Crippen LogP contribution is -2.52. The van der Waals surface area contributed by atoms with E-state index in [1.165, 1.54) is 135 Å². The number of aliphatic carboxylic acids is 1. The second-order valence-corrected chi connectivity index (χ2v) is 11.8. The first kappa shape index (κ1) is 35.9. The van der Waals surface area contributed by atoms with Gasteiger partial charge in [-0.25, -0.2) is 4.79 Å². The third-order valence-corrected chi connectivity index (χ3v) is 7.93. The largest absolute Gasteiger partial charge is 0.480 e. The molecule has 0 bridgehead atoms. The average molecular weight is 524 g/mol. The molecule has 0 unspecified atom stereocenters. The van der Waals surface area contributed by atoms with Gasteiger partial charge < -0.3 is 10.4 Å². The number of carboxylic acid groups (broad SMARTS) is 1. The summed E-state index contributed by atoms with van der Waals surface area (Å²) in [6, 6.07) is 0. The van der Waals surface area contributed by atoms with Crippen molar-refractivity contribution in [1.82, 2.24) is 5.32 Å². The lowest BCUT2D eigenvalue weighted by molar-refractivity contribution is -0.147. The zero-order valence-electron chi connectivity index (χ0n) is 25.4. The predicted molar refractivity (Wildman–Crippen MR) is 160 cm³/mol. The number of rotatable bonds is 29. The Morgan fingerprint density at radius 3 is 1.14 bits per heavy atom. The van der Waals surface area contributed by atoms with E-state index in [1.807, 2.05) is 0 Å². The van der Waals surface area contributed by atoms with Gasteiger partial charge in [0.2, 0.25) is 5.91 Å². The molecule has 0 aliphatic heterocycles. The smallest absolute Gasteiger partial charge is 0.329 e. The highest BCUT2D eigenvalue weighted by Gasteiger charge is 2.33. The molecule has 220 valence electrons. The maximum atomic E-state index is 12.4. The lowest BCUT2D eigenvalue weighted by Gasteiger charge is -2.26. The fourth-order valence-corrected chi connectivity index (χ4v) is 5.22. The third kappa shape index (κ3) is 23.8. The Hall–Kier alpha value is -1.06. The molecule has 0 radical (unpaired) electrons. The van der Waals surface area contributed by atoms with E-state index < -0.39 is 11.5 Å². The van der Waals surface area contributed by atoms with Crippen molar-refractivity contribution in [3.8, 4) is 0 Å². The second-order valence-electron chi connectivity index (χ2n) is 11.8. The number of nitrogens with one attached hydrogen (secondary N) is 1. The van der Waals surface area contributed by atoms with Crippen molar-refractivity contribution in [3.05, 3.63) is 0 Å². The van der Waals surface area contributed by atoms with Crippen molar-refractivity contribution in [2.24, 2.45) is 0 Å². The molecule has 37 heavy (non-hydrogen) atoms. The molecule has 0 aromatic rings. The molecule has 0 aromatic carbocycles. The summed E-state index contributed by atoms with van der Waals surface area (Å²) in [4.78, 5) is 24.3. The molecule has 1 atom stereocenters. The summed E-state index contributed by atoms with van der Waals surface area (Å²) in [6.45, 7) is 6.20. The van der Waals surface area contributed by atoms with Crippen LogP contribution in [0, 0.1) is 0 Å². The number of carbonyl (C=O) groups excluding carboxylic acids is 1. The van der Waals surface area contributed by atoms with E-state index in [1.54, 1.807) is 6.92 Å². The topological polar surface area (TPSA) is 66.4 Å². The third-order valence-electron chi connectivity index (χ3n) is 7.93. The molecule has 4 heteroatoms. The summed E-state index contributed by atoms with van der Waals surface area (Å²) >= 11 is 0. The maximum Gasteiger partial charge on any atom is 0.329 e. The average Bonchev–Trinajstić information content (AvgIpc) is 2.87. The van der Waals surface area contributed by atoms with Gasteiger partial charge in [0.05, 0.1) is 0 Å². The van der Waals surface area contributed by atoms with Gasteiger partial charge in [-0.3, -0.25) is 4.79 Å². The zero-order valence-corrected chi connectivity index (χ0v) is 25.4. The molecular weight excluding hydrogens is 458 g/mol. The molecule has 4 nitrogen and oxygen atoms in total. The highest BCUT2D eigenvalue weighted by molar-refractivity contribution is 5.86. The van der Waals surface area contributed by atoms with E-state index in [2.05, 4.69) is 19.2 Å². The number of hydrogen-bond acceptors (Lipinski definition) is 2. The van der Waals surface area contributed by atoms with Crippen LogP contribution in [0.2, 0.25) is 0 Å². The van der Waals surface area contributed by atoms with Crippen molar-refractivity contribution < 1.29 is 14.7 Å². The van der Waals surface area contributed by atoms with E-state index in [-0.39, 0.29) is 5.91 Å². The Bertz CT molecular complexity index is 522. The number of carboxylic acids is 1. The molecule has 0 rings (SSSR count). The lowest BCUT2D eigenvalue weighted by atomic mass is 9.93. The summed E-state index contributed by atoms with van der Waals surface area (Å²) in [5.41, 5.74) is -1.13. The van der Waals surface area contributed by atoms with Crippen LogP contribution in [-0.2, 0) is 9.59 Å². The fraction of sp³-hybridized carbons (Fsp3) is 0.939. The van der Waals surface area contributed by atoms with Gasteiger partial charge in [0.15, 0.2) is 0 Å². The first-order chi connectivity index (χ1) is 18.0. The highest BCUT2D eigenvalue weighted by Crippen LogP contribution is 2.19. The molecule has 2 N–H and O–H groups in total. The summed E-state index contributed by atoms with van der Waals surface area (Å²) in [7, 11) is 0. The molecule has 0 aromatic heterocycles. The van der Waals surface area contributed by atoms with Gasteiger partial charge in [-0.2, -0.15) is 0 Å². The zero-order chi connectivity index (χ0) is 27.5. The second kappa shape index (κ2) is 26.5. The Morgan fingerprint density at radius 2 is 0.811 bits per heavy atom. The first-order valence-electron chi connectivity index (χ1n) is 16.5. The van der Waals surface area contributed by atoms with Crippen LogP contribution in [0.4, 0.5) is 0 Å². The van der Waals surface area contributed by atoms with Crippen molar-refractivity contribution in [2.45, 2.75) is 200 Å². The van der Waals surface area contributed by atoms with Gasteiger partial charge in [0.1, 0.15) is 5.54 Å². The molecule has 1 amide bonds. The molecule has 0 fully saturated rings. The number of amides is 1. The van der Waals surface area contributed by atoms with Crippen LogP contribution in [0.25, 0.3) is 0 Å². The Balaban J connectivity index is 3.72. The van der Waals surface area contributed by atoms with Crippen LogP contribution < -0.4 is 5.32 Å². The van der Waals surface area contributed by atoms with Crippen LogP contribution in [0.5, 0.6) is 0 Å². The van der Waals surface area contributed by atoms with Crippen LogP contribution in [0.1, 0.15) is 194 Å². The number of unbranched alkanes of at least 4 members (excludes halogenated alkanes) is 23. The minimum atomic E-state index is -1.13. The summed E-state index contributed by atoms with van der Waals surface area (Å²) in [5, 5.41) is 12.6. The van der Waals surface area contributed by atoms with Crippen molar-refractivity contribution >= 4 is 11.9 Å². The predicted octanol–water partition coefficient (Wildman–Crippen LogP) is 10.5. The molecule has 0 saturated heterocycles. The number of carbonyl (C=O) groups is 2. The quantitative estimate of drug-likeness (QED) is 0.0958. The van der Waals surface area contributed by atoms with Gasteiger partial charge in [0, 0.05) is 6.42 Å².